The molecule has 0 spiro atoms. The van der Waals surface area contributed by atoms with E-state index in [1.807, 2.05) is 20.8 Å². The molecule has 0 unspecified atom stereocenters. The first-order chi connectivity index (χ1) is 9.63. The highest BCUT2D eigenvalue weighted by molar-refractivity contribution is 7.86. The van der Waals surface area contributed by atoms with Crippen molar-refractivity contribution in [1.29, 1.82) is 0 Å². The molecule has 0 heterocycles. The predicted octanol–water partition coefficient (Wildman–Crippen LogP) is 3.32. The van der Waals surface area contributed by atoms with Gasteiger partial charge in [0, 0.05) is 6.42 Å². The molecular formula is C16H24O4S. The second-order valence-corrected chi connectivity index (χ2v) is 7.47. The number of carbonyl (C=O) groups excluding carboxylic acids is 1. The molecule has 0 fully saturated rings. The van der Waals surface area contributed by atoms with Crippen molar-refractivity contribution < 1.29 is 17.4 Å². The molecule has 21 heavy (non-hydrogen) atoms. The lowest BCUT2D eigenvalue weighted by Crippen LogP contribution is -2.16. The minimum Gasteiger partial charge on any atom is -0.297 e. The normalized spacial score (nSPS) is 11.9. The molecular weight excluding hydrogens is 288 g/mol. The standard InChI is InChI=1S/C16H24O4S/c1-11(2)6-7-15(17)10-20-21(18,19)16-13(4)8-12(3)9-14(16)5/h8-9,11H,6-7,10H2,1-5H3. The third-order valence-corrected chi connectivity index (χ3v) is 4.80. The number of ketones is 1. The molecule has 0 N–H and O–H groups in total. The van der Waals surface area contributed by atoms with Gasteiger partial charge in [0.15, 0.2) is 5.78 Å². The lowest BCUT2D eigenvalue weighted by molar-refractivity contribution is -0.121. The van der Waals surface area contributed by atoms with E-state index >= 15 is 0 Å². The number of benzene rings is 1. The van der Waals surface area contributed by atoms with E-state index in [2.05, 4.69) is 0 Å². The van der Waals surface area contributed by atoms with E-state index in [1.54, 1.807) is 26.0 Å². The highest BCUT2D eigenvalue weighted by Gasteiger charge is 2.22. The predicted molar refractivity (Wildman–Crippen MR) is 82.9 cm³/mol. The summed E-state index contributed by atoms with van der Waals surface area (Å²) < 4.78 is 29.4. The Morgan fingerprint density at radius 2 is 1.67 bits per heavy atom. The molecule has 0 bridgehead atoms. The number of aryl methyl sites for hydroxylation is 3. The van der Waals surface area contributed by atoms with Crippen LogP contribution in [0.3, 0.4) is 0 Å². The Labute approximate surface area is 127 Å². The van der Waals surface area contributed by atoms with Crippen molar-refractivity contribution in [1.82, 2.24) is 0 Å². The lowest BCUT2D eigenvalue weighted by atomic mass is 10.1. The maximum atomic E-state index is 12.3. The second kappa shape index (κ2) is 7.18. The van der Waals surface area contributed by atoms with Crippen LogP contribution in [-0.4, -0.2) is 20.8 Å². The largest absolute Gasteiger partial charge is 0.297 e. The Hall–Kier alpha value is -1.20. The van der Waals surface area contributed by atoms with Gasteiger partial charge in [-0.3, -0.25) is 8.98 Å². The smallest absolute Gasteiger partial charge is 0.297 e. The topological polar surface area (TPSA) is 60.4 Å². The minimum atomic E-state index is -3.89. The van der Waals surface area contributed by atoms with Crippen LogP contribution in [0, 0.1) is 26.7 Å². The summed E-state index contributed by atoms with van der Waals surface area (Å²) >= 11 is 0. The molecule has 0 aliphatic heterocycles. The highest BCUT2D eigenvalue weighted by Crippen LogP contribution is 2.23. The molecule has 4 nitrogen and oxygen atoms in total. The SMILES string of the molecule is Cc1cc(C)c(S(=O)(=O)OCC(=O)CCC(C)C)c(C)c1. The van der Waals surface area contributed by atoms with Gasteiger partial charge in [0.1, 0.15) is 6.61 Å². The monoisotopic (exact) mass is 312 g/mol. The molecule has 0 atom stereocenters. The van der Waals surface area contributed by atoms with Gasteiger partial charge in [0.25, 0.3) is 10.1 Å². The van der Waals surface area contributed by atoms with Gasteiger partial charge in [-0.05, 0) is 44.2 Å². The molecule has 0 saturated carbocycles. The van der Waals surface area contributed by atoms with Gasteiger partial charge >= 0.3 is 0 Å². The zero-order valence-corrected chi connectivity index (χ0v) is 14.2. The molecule has 5 heteroatoms. The van der Waals surface area contributed by atoms with Crippen LogP contribution >= 0.6 is 0 Å². The maximum Gasteiger partial charge on any atom is 0.297 e. The number of hydrogen-bond donors (Lipinski definition) is 0. The first-order valence-electron chi connectivity index (χ1n) is 7.12. The molecule has 1 aromatic carbocycles. The fourth-order valence-corrected chi connectivity index (χ4v) is 3.60. The van der Waals surface area contributed by atoms with Gasteiger partial charge in [0.2, 0.25) is 0 Å². The van der Waals surface area contributed by atoms with E-state index in [1.165, 1.54) is 0 Å². The number of carbonyl (C=O) groups is 1. The molecule has 0 aliphatic carbocycles. The van der Waals surface area contributed by atoms with Crippen molar-refractivity contribution in [3.05, 3.63) is 28.8 Å². The fourth-order valence-electron chi connectivity index (χ4n) is 2.29. The Morgan fingerprint density at radius 1 is 1.14 bits per heavy atom. The third-order valence-electron chi connectivity index (χ3n) is 3.23. The van der Waals surface area contributed by atoms with Crippen LogP contribution in [-0.2, 0) is 19.1 Å². The summed E-state index contributed by atoms with van der Waals surface area (Å²) in [5, 5.41) is 0. The molecule has 0 radical (unpaired) electrons. The Balaban J connectivity index is 2.82. The van der Waals surface area contributed by atoms with Gasteiger partial charge in [-0.25, -0.2) is 0 Å². The van der Waals surface area contributed by atoms with Gasteiger partial charge in [0.05, 0.1) is 4.90 Å². The van der Waals surface area contributed by atoms with Crippen molar-refractivity contribution in [3.8, 4) is 0 Å². The van der Waals surface area contributed by atoms with E-state index in [0.29, 0.717) is 23.5 Å². The summed E-state index contributed by atoms with van der Waals surface area (Å²) in [5.74, 6) is 0.224. The van der Waals surface area contributed by atoms with Gasteiger partial charge in [-0.15, -0.1) is 0 Å². The molecule has 0 aromatic heterocycles. The fraction of sp³-hybridized carbons (Fsp3) is 0.562. The Bertz CT molecular complexity index is 592. The van der Waals surface area contributed by atoms with Crippen LogP contribution in [0.1, 0.15) is 43.4 Å². The Kier molecular flexibility index (Phi) is 6.10. The molecule has 0 amide bonds. The van der Waals surface area contributed by atoms with Crippen LogP contribution < -0.4 is 0 Å². The van der Waals surface area contributed by atoms with Crippen molar-refractivity contribution in [2.45, 2.75) is 52.4 Å². The van der Waals surface area contributed by atoms with Crippen molar-refractivity contribution >= 4 is 15.9 Å². The summed E-state index contributed by atoms with van der Waals surface area (Å²) in [5.41, 5.74) is 2.28. The zero-order valence-electron chi connectivity index (χ0n) is 13.4. The maximum absolute atomic E-state index is 12.3. The second-order valence-electron chi connectivity index (χ2n) is 5.92. The van der Waals surface area contributed by atoms with E-state index in [-0.39, 0.29) is 17.3 Å². The zero-order chi connectivity index (χ0) is 16.2. The Morgan fingerprint density at radius 3 is 2.14 bits per heavy atom. The van der Waals surface area contributed by atoms with Gasteiger partial charge in [-0.1, -0.05) is 31.5 Å². The first-order valence-corrected chi connectivity index (χ1v) is 8.53. The molecule has 118 valence electrons. The summed E-state index contributed by atoms with van der Waals surface area (Å²) in [6.45, 7) is 9.02. The highest BCUT2D eigenvalue weighted by atomic mass is 32.2. The van der Waals surface area contributed by atoms with Crippen molar-refractivity contribution in [2.24, 2.45) is 5.92 Å². The number of Topliss-reactive ketones (excluding diaryl/α,β-unsaturated/α-hetero) is 1. The molecule has 1 rings (SSSR count). The van der Waals surface area contributed by atoms with Crippen molar-refractivity contribution in [3.63, 3.8) is 0 Å². The van der Waals surface area contributed by atoms with Crippen LogP contribution in [0.5, 0.6) is 0 Å². The van der Waals surface area contributed by atoms with Crippen LogP contribution in [0.25, 0.3) is 0 Å². The summed E-state index contributed by atoms with van der Waals surface area (Å²) in [6, 6.07) is 3.59. The van der Waals surface area contributed by atoms with Crippen LogP contribution in [0.4, 0.5) is 0 Å². The minimum absolute atomic E-state index is 0.171. The van der Waals surface area contributed by atoms with Crippen molar-refractivity contribution in [2.75, 3.05) is 6.61 Å². The summed E-state index contributed by atoms with van der Waals surface area (Å²) in [6.07, 6.45) is 1.09. The number of rotatable bonds is 7. The van der Waals surface area contributed by atoms with Gasteiger partial charge < -0.3 is 0 Å². The van der Waals surface area contributed by atoms with E-state index in [0.717, 1.165) is 12.0 Å². The molecule has 0 saturated heterocycles. The average Bonchev–Trinajstić information content (AvgIpc) is 2.32. The van der Waals surface area contributed by atoms with E-state index < -0.39 is 10.1 Å². The summed E-state index contributed by atoms with van der Waals surface area (Å²) in [4.78, 5) is 11.8. The van der Waals surface area contributed by atoms with E-state index in [4.69, 9.17) is 4.18 Å². The van der Waals surface area contributed by atoms with E-state index in [9.17, 15) is 13.2 Å². The van der Waals surface area contributed by atoms with Crippen LogP contribution in [0.15, 0.2) is 17.0 Å². The average molecular weight is 312 g/mol. The quantitative estimate of drug-likeness (QED) is 0.725. The summed E-state index contributed by atoms with van der Waals surface area (Å²) in [7, 11) is -3.89. The lowest BCUT2D eigenvalue weighted by Gasteiger charge is -2.12. The first kappa shape index (κ1) is 17.9. The number of hydrogen-bond acceptors (Lipinski definition) is 4. The van der Waals surface area contributed by atoms with Gasteiger partial charge in [-0.2, -0.15) is 8.42 Å². The molecule has 0 aliphatic rings. The van der Waals surface area contributed by atoms with Crippen LogP contribution in [0.2, 0.25) is 0 Å². The third kappa shape index (κ3) is 5.25. The molecule has 1 aromatic rings.